The summed E-state index contributed by atoms with van der Waals surface area (Å²) in [4.78, 5) is 32.5. The highest BCUT2D eigenvalue weighted by atomic mass is 32.2. The summed E-state index contributed by atoms with van der Waals surface area (Å²) in [5, 5.41) is 15.3. The molecule has 4 rings (SSSR count). The summed E-state index contributed by atoms with van der Waals surface area (Å²) in [5.74, 6) is -1.96. The minimum Gasteiger partial charge on any atom is -0.388 e. The molecule has 0 unspecified atom stereocenters. The van der Waals surface area contributed by atoms with Crippen LogP contribution in [0.3, 0.4) is 0 Å². The number of hydrogen-bond acceptors (Lipinski definition) is 7. The Balaban J connectivity index is 1.49. The van der Waals surface area contributed by atoms with Gasteiger partial charge in [-0.05, 0) is 53.6 Å². The number of hydrogen-bond donors (Lipinski definition) is 4. The minimum absolute atomic E-state index is 0.0595. The van der Waals surface area contributed by atoms with E-state index in [4.69, 9.17) is 5.73 Å². The zero-order chi connectivity index (χ0) is 32.4. The van der Waals surface area contributed by atoms with Crippen LogP contribution in [0.15, 0.2) is 54.7 Å². The highest BCUT2D eigenvalue weighted by molar-refractivity contribution is 7.88. The molecule has 2 amide bonds. The molecule has 0 aliphatic carbocycles. The maximum atomic E-state index is 13.9. The summed E-state index contributed by atoms with van der Waals surface area (Å²) in [5.41, 5.74) is 4.48. The van der Waals surface area contributed by atoms with Crippen molar-refractivity contribution in [3.63, 3.8) is 0 Å². The molecule has 1 saturated heterocycles. The number of amides is 2. The standard InChI is InChI=1S/C30H36F3N5O5S/c1-4-18(2)25(37-44(42,43)16-19-5-8-22(9-6-19)30(31,32)33)28(40)38-17-29(3,41)14-24(38)27(39)36-15-20-7-10-23-21(13-20)11-12-35-26(23)34/h5-13,18,24-25,37,41H,4,14-17H2,1-3H3,(H2,34,35)(H,36,39)/t18-,24+,25-,29+/m1/s1. The van der Waals surface area contributed by atoms with Crippen molar-refractivity contribution in [3.05, 3.63) is 71.4 Å². The molecule has 2 aromatic carbocycles. The van der Waals surface area contributed by atoms with Gasteiger partial charge >= 0.3 is 6.18 Å². The maximum Gasteiger partial charge on any atom is 0.416 e. The second kappa shape index (κ2) is 12.7. The number of nitrogens with zero attached hydrogens (tertiary/aromatic N) is 2. The highest BCUT2D eigenvalue weighted by Crippen LogP contribution is 2.31. The molecule has 44 heavy (non-hydrogen) atoms. The summed E-state index contributed by atoms with van der Waals surface area (Å²) in [6.07, 6.45) is -2.64. The number of nitrogens with one attached hydrogen (secondary N) is 2. The number of nitrogens with two attached hydrogens (primary N) is 1. The Morgan fingerprint density at radius 1 is 1.16 bits per heavy atom. The summed E-state index contributed by atoms with van der Waals surface area (Å²) in [6, 6.07) is 8.62. The van der Waals surface area contributed by atoms with Crippen LogP contribution in [-0.2, 0) is 38.1 Å². The van der Waals surface area contributed by atoms with Crippen LogP contribution < -0.4 is 15.8 Å². The molecule has 1 aliphatic heterocycles. The van der Waals surface area contributed by atoms with E-state index in [1.165, 1.54) is 11.8 Å². The van der Waals surface area contributed by atoms with E-state index in [2.05, 4.69) is 15.0 Å². The second-order valence-electron chi connectivity index (χ2n) is 11.6. The zero-order valence-corrected chi connectivity index (χ0v) is 25.4. The molecule has 0 spiro atoms. The number of benzene rings is 2. The smallest absolute Gasteiger partial charge is 0.388 e. The van der Waals surface area contributed by atoms with Crippen molar-refractivity contribution in [1.29, 1.82) is 0 Å². The summed E-state index contributed by atoms with van der Waals surface area (Å²) < 4.78 is 67.4. The molecule has 3 aromatic rings. The SMILES string of the molecule is CC[C@@H](C)[C@@H](NS(=O)(=O)Cc1ccc(C(F)(F)F)cc1)C(=O)N1C[C@@](C)(O)C[C@H]1C(=O)NCc1ccc2c(N)nccc2c1. The van der Waals surface area contributed by atoms with Crippen LogP contribution in [0.2, 0.25) is 0 Å². The Hall–Kier alpha value is -3.75. The number of alkyl halides is 3. The number of pyridine rings is 1. The Morgan fingerprint density at radius 3 is 2.45 bits per heavy atom. The second-order valence-corrected chi connectivity index (χ2v) is 13.3. The number of halogens is 3. The first kappa shape index (κ1) is 33.1. The minimum atomic E-state index is -4.56. The van der Waals surface area contributed by atoms with E-state index in [-0.39, 0.29) is 25.1 Å². The molecule has 10 nitrogen and oxygen atoms in total. The third kappa shape index (κ3) is 7.85. The van der Waals surface area contributed by atoms with Gasteiger partial charge in [0.1, 0.15) is 17.9 Å². The van der Waals surface area contributed by atoms with Gasteiger partial charge in [0.15, 0.2) is 0 Å². The molecular weight excluding hydrogens is 599 g/mol. The van der Waals surface area contributed by atoms with E-state index in [1.54, 1.807) is 38.2 Å². The molecule has 238 valence electrons. The number of carbonyl (C=O) groups excluding carboxylic acids is 2. The van der Waals surface area contributed by atoms with Crippen molar-refractivity contribution in [2.45, 2.75) is 69.8 Å². The Kier molecular flexibility index (Phi) is 9.57. The summed E-state index contributed by atoms with van der Waals surface area (Å²) >= 11 is 0. The highest BCUT2D eigenvalue weighted by Gasteiger charge is 2.47. The Bertz CT molecular complexity index is 1630. The normalized spacial score (nSPS) is 20.4. The van der Waals surface area contributed by atoms with Gasteiger partial charge in [0.25, 0.3) is 0 Å². The van der Waals surface area contributed by atoms with Crippen LogP contribution >= 0.6 is 0 Å². The number of carbonyl (C=O) groups is 2. The quantitative estimate of drug-likeness (QED) is 0.266. The molecule has 0 bridgehead atoms. The first-order valence-corrected chi connectivity index (χ1v) is 15.7. The van der Waals surface area contributed by atoms with Gasteiger partial charge in [-0.3, -0.25) is 9.59 Å². The van der Waals surface area contributed by atoms with Gasteiger partial charge in [0, 0.05) is 24.5 Å². The topological polar surface area (TPSA) is 155 Å². The average molecular weight is 636 g/mol. The molecule has 0 saturated carbocycles. The van der Waals surface area contributed by atoms with Crippen LogP contribution in [0.5, 0.6) is 0 Å². The number of nitrogen functional groups attached to an aromatic ring is 1. The lowest BCUT2D eigenvalue weighted by Gasteiger charge is -2.31. The fraction of sp³-hybridized carbons (Fsp3) is 0.433. The number of sulfonamides is 1. The number of β-amino-alcohol motifs (C(OH)–C–C–N with tert-alkyl or cyclic N) is 1. The first-order chi connectivity index (χ1) is 20.5. The Morgan fingerprint density at radius 2 is 1.82 bits per heavy atom. The Labute approximate surface area is 253 Å². The average Bonchev–Trinajstić information content (AvgIpc) is 3.29. The summed E-state index contributed by atoms with van der Waals surface area (Å²) in [7, 11) is -4.20. The van der Waals surface area contributed by atoms with Crippen molar-refractivity contribution in [2.24, 2.45) is 5.92 Å². The number of rotatable bonds is 10. The fourth-order valence-electron chi connectivity index (χ4n) is 5.27. The lowest BCUT2D eigenvalue weighted by atomic mass is 9.98. The number of aromatic nitrogens is 1. The van der Waals surface area contributed by atoms with Crippen LogP contribution in [0.25, 0.3) is 10.8 Å². The molecule has 2 heterocycles. The van der Waals surface area contributed by atoms with Crippen molar-refractivity contribution < 1.29 is 36.3 Å². The van der Waals surface area contributed by atoms with Gasteiger partial charge < -0.3 is 21.1 Å². The van der Waals surface area contributed by atoms with Gasteiger partial charge in [0.05, 0.1) is 23.5 Å². The molecule has 14 heteroatoms. The van der Waals surface area contributed by atoms with Gasteiger partial charge in [-0.1, -0.05) is 44.5 Å². The van der Waals surface area contributed by atoms with Gasteiger partial charge in [-0.25, -0.2) is 18.1 Å². The van der Waals surface area contributed by atoms with E-state index >= 15 is 0 Å². The van der Waals surface area contributed by atoms with Crippen LogP contribution in [0.4, 0.5) is 19.0 Å². The predicted molar refractivity (Wildman–Crippen MR) is 159 cm³/mol. The monoisotopic (exact) mass is 635 g/mol. The van der Waals surface area contributed by atoms with Crippen molar-refractivity contribution in [3.8, 4) is 0 Å². The van der Waals surface area contributed by atoms with E-state index in [1.807, 2.05) is 6.07 Å². The van der Waals surface area contributed by atoms with Crippen LogP contribution in [0, 0.1) is 5.92 Å². The maximum absolute atomic E-state index is 13.9. The van der Waals surface area contributed by atoms with E-state index in [9.17, 15) is 36.3 Å². The number of aliphatic hydroxyl groups is 1. The predicted octanol–water partition coefficient (Wildman–Crippen LogP) is 3.34. The molecule has 1 fully saturated rings. The number of anilines is 1. The van der Waals surface area contributed by atoms with Gasteiger partial charge in [-0.2, -0.15) is 13.2 Å². The molecule has 4 atom stereocenters. The first-order valence-electron chi connectivity index (χ1n) is 14.1. The van der Waals surface area contributed by atoms with Crippen molar-refractivity contribution >= 4 is 38.4 Å². The molecule has 1 aromatic heterocycles. The molecular formula is C30H36F3N5O5S. The summed E-state index contributed by atoms with van der Waals surface area (Å²) in [6.45, 7) is 4.88. The van der Waals surface area contributed by atoms with Gasteiger partial charge in [-0.15, -0.1) is 0 Å². The number of fused-ring (bicyclic) bond motifs is 1. The van der Waals surface area contributed by atoms with Gasteiger partial charge in [0.2, 0.25) is 21.8 Å². The third-order valence-corrected chi connectivity index (χ3v) is 9.18. The molecule has 1 aliphatic rings. The fourth-order valence-corrected chi connectivity index (χ4v) is 6.71. The lowest BCUT2D eigenvalue weighted by molar-refractivity contribution is -0.141. The van der Waals surface area contributed by atoms with E-state index < -0.39 is 62.9 Å². The van der Waals surface area contributed by atoms with E-state index in [0.29, 0.717) is 12.2 Å². The molecule has 0 radical (unpaired) electrons. The van der Waals surface area contributed by atoms with Crippen molar-refractivity contribution in [1.82, 2.24) is 19.9 Å². The largest absolute Gasteiger partial charge is 0.416 e. The van der Waals surface area contributed by atoms with Crippen LogP contribution in [-0.4, -0.2) is 59.5 Å². The zero-order valence-electron chi connectivity index (χ0n) is 24.6. The van der Waals surface area contributed by atoms with Crippen LogP contribution in [0.1, 0.15) is 50.3 Å². The van der Waals surface area contributed by atoms with E-state index in [0.717, 1.165) is 40.6 Å². The number of likely N-dealkylation sites (tertiary alicyclic amines) is 1. The lowest BCUT2D eigenvalue weighted by Crippen LogP contribution is -2.55. The molecule has 5 N–H and O–H groups in total. The third-order valence-electron chi connectivity index (χ3n) is 7.86. The van der Waals surface area contributed by atoms with Crippen molar-refractivity contribution in [2.75, 3.05) is 12.3 Å².